The van der Waals surface area contributed by atoms with Crippen LogP contribution in [0.3, 0.4) is 0 Å². The molecule has 0 saturated heterocycles. The molecular weight excluding hydrogens is 404 g/mol. The van der Waals surface area contributed by atoms with Gasteiger partial charge in [0, 0.05) is 31.0 Å². The van der Waals surface area contributed by atoms with Crippen LogP contribution in [0.2, 0.25) is 0 Å². The molecule has 1 N–H and O–H groups in total. The van der Waals surface area contributed by atoms with Crippen molar-refractivity contribution in [1.29, 1.82) is 0 Å². The van der Waals surface area contributed by atoms with Gasteiger partial charge >= 0.3 is 0 Å². The van der Waals surface area contributed by atoms with Gasteiger partial charge in [-0.25, -0.2) is 8.42 Å². The summed E-state index contributed by atoms with van der Waals surface area (Å²) in [5.41, 5.74) is 2.16. The lowest BCUT2D eigenvalue weighted by molar-refractivity contribution is -0.384. The van der Waals surface area contributed by atoms with E-state index in [1.807, 2.05) is 19.1 Å². The lowest BCUT2D eigenvalue weighted by Gasteiger charge is -2.23. The van der Waals surface area contributed by atoms with Gasteiger partial charge < -0.3 is 5.32 Å². The van der Waals surface area contributed by atoms with Crippen LogP contribution in [0.1, 0.15) is 18.2 Å². The van der Waals surface area contributed by atoms with Crippen LogP contribution in [0.25, 0.3) is 0 Å². The Hall–Kier alpha value is -3.46. The molecule has 0 aliphatic rings. The van der Waals surface area contributed by atoms with Gasteiger partial charge in [-0.15, -0.1) is 0 Å². The molecule has 0 saturated carbocycles. The lowest BCUT2D eigenvalue weighted by atomic mass is 10.2. The summed E-state index contributed by atoms with van der Waals surface area (Å²) < 4.78 is 27.5. The van der Waals surface area contributed by atoms with Crippen LogP contribution >= 0.6 is 0 Å². The van der Waals surface area contributed by atoms with Gasteiger partial charge in [-0.05, 0) is 49.7 Å². The van der Waals surface area contributed by atoms with Crippen molar-refractivity contribution in [1.82, 2.24) is 4.98 Å². The molecule has 0 radical (unpaired) electrons. The maximum Gasteiger partial charge on any atom is 0.293 e. The Morgan fingerprint density at radius 3 is 2.43 bits per heavy atom. The Morgan fingerprint density at radius 1 is 1.10 bits per heavy atom. The molecule has 0 fully saturated rings. The second-order valence-corrected chi connectivity index (χ2v) is 8.47. The van der Waals surface area contributed by atoms with E-state index in [-0.39, 0.29) is 22.8 Å². The minimum Gasteiger partial charge on any atom is -0.375 e. The van der Waals surface area contributed by atoms with Crippen LogP contribution in [0, 0.1) is 17.0 Å². The Balaban J connectivity index is 1.92. The minimum atomic E-state index is -3.96. The van der Waals surface area contributed by atoms with Crippen LogP contribution in [0.15, 0.2) is 71.8 Å². The van der Waals surface area contributed by atoms with Crippen LogP contribution in [-0.4, -0.2) is 24.9 Å². The number of aromatic nitrogens is 1. The van der Waals surface area contributed by atoms with Gasteiger partial charge in [0.05, 0.1) is 15.5 Å². The fourth-order valence-corrected chi connectivity index (χ4v) is 4.48. The minimum absolute atomic E-state index is 0.137. The number of para-hydroxylation sites is 1. The molecule has 1 aromatic heterocycles. The van der Waals surface area contributed by atoms with E-state index in [2.05, 4.69) is 10.3 Å². The second kappa shape index (κ2) is 8.91. The highest BCUT2D eigenvalue weighted by atomic mass is 32.2. The highest BCUT2D eigenvalue weighted by molar-refractivity contribution is 7.92. The molecule has 0 atom stereocenters. The van der Waals surface area contributed by atoms with E-state index >= 15 is 0 Å². The molecular formula is C21H22N4O4S. The maximum atomic E-state index is 13.1. The van der Waals surface area contributed by atoms with Crippen molar-refractivity contribution in [2.75, 3.05) is 16.2 Å². The predicted octanol–water partition coefficient (Wildman–Crippen LogP) is 4.13. The smallest absolute Gasteiger partial charge is 0.293 e. The number of aryl methyl sites for hydroxylation is 1. The third-order valence-corrected chi connectivity index (χ3v) is 6.44. The average molecular weight is 426 g/mol. The normalized spacial score (nSPS) is 11.1. The summed E-state index contributed by atoms with van der Waals surface area (Å²) in [6.07, 6.45) is 1.69. The topological polar surface area (TPSA) is 105 Å². The van der Waals surface area contributed by atoms with Crippen LogP contribution < -0.4 is 9.62 Å². The number of benzene rings is 2. The summed E-state index contributed by atoms with van der Waals surface area (Å²) >= 11 is 0. The van der Waals surface area contributed by atoms with Crippen LogP contribution in [-0.2, 0) is 16.6 Å². The van der Waals surface area contributed by atoms with Crippen molar-refractivity contribution >= 4 is 27.1 Å². The van der Waals surface area contributed by atoms with Gasteiger partial charge in [0.2, 0.25) is 0 Å². The largest absolute Gasteiger partial charge is 0.375 e. The molecule has 0 aliphatic heterocycles. The number of pyridine rings is 1. The molecule has 2 aromatic carbocycles. The van der Waals surface area contributed by atoms with Crippen LogP contribution in [0.4, 0.5) is 17.1 Å². The third-order valence-electron chi connectivity index (χ3n) is 4.54. The first-order valence-corrected chi connectivity index (χ1v) is 10.8. The molecule has 1 heterocycles. The van der Waals surface area contributed by atoms with Gasteiger partial charge in [-0.2, -0.15) is 0 Å². The summed E-state index contributed by atoms with van der Waals surface area (Å²) in [6.45, 7) is 4.10. The van der Waals surface area contributed by atoms with Gasteiger partial charge in [-0.3, -0.25) is 19.4 Å². The van der Waals surface area contributed by atoms with E-state index in [0.29, 0.717) is 12.2 Å². The van der Waals surface area contributed by atoms with E-state index < -0.39 is 14.9 Å². The summed E-state index contributed by atoms with van der Waals surface area (Å²) in [5.74, 6) is 0. The first-order valence-electron chi connectivity index (χ1n) is 9.34. The molecule has 0 aliphatic carbocycles. The van der Waals surface area contributed by atoms with Crippen LogP contribution in [0.5, 0.6) is 0 Å². The van der Waals surface area contributed by atoms with E-state index in [9.17, 15) is 18.5 Å². The Kier molecular flexibility index (Phi) is 6.31. The van der Waals surface area contributed by atoms with E-state index in [1.165, 1.54) is 16.4 Å². The van der Waals surface area contributed by atoms with Gasteiger partial charge in [0.15, 0.2) is 0 Å². The zero-order chi connectivity index (χ0) is 21.7. The van der Waals surface area contributed by atoms with Gasteiger partial charge in [0.1, 0.15) is 5.69 Å². The number of anilines is 2. The highest BCUT2D eigenvalue weighted by Crippen LogP contribution is 2.31. The first-order chi connectivity index (χ1) is 14.3. The highest BCUT2D eigenvalue weighted by Gasteiger charge is 2.27. The quantitative estimate of drug-likeness (QED) is 0.429. The predicted molar refractivity (Wildman–Crippen MR) is 116 cm³/mol. The summed E-state index contributed by atoms with van der Waals surface area (Å²) in [6, 6.07) is 16.3. The zero-order valence-corrected chi connectivity index (χ0v) is 17.5. The molecule has 9 heteroatoms. The Morgan fingerprint density at radius 2 is 1.83 bits per heavy atom. The van der Waals surface area contributed by atoms with E-state index in [1.54, 1.807) is 43.5 Å². The Bertz CT molecular complexity index is 1130. The van der Waals surface area contributed by atoms with Crippen molar-refractivity contribution in [3.8, 4) is 0 Å². The van der Waals surface area contributed by atoms with E-state index in [0.717, 1.165) is 17.3 Å². The number of nitrogens with zero attached hydrogens (tertiary/aromatic N) is 3. The molecule has 3 rings (SSSR count). The molecule has 156 valence electrons. The first kappa shape index (κ1) is 21.3. The Labute approximate surface area is 175 Å². The van der Waals surface area contributed by atoms with Crippen molar-refractivity contribution in [3.05, 3.63) is 88.2 Å². The molecule has 8 nitrogen and oxygen atoms in total. The zero-order valence-electron chi connectivity index (χ0n) is 16.6. The number of rotatable bonds is 8. The molecule has 0 spiro atoms. The third kappa shape index (κ3) is 4.57. The summed E-state index contributed by atoms with van der Waals surface area (Å²) in [7, 11) is -3.96. The molecule has 0 bridgehead atoms. The fraction of sp³-hybridized carbons (Fsp3) is 0.190. The van der Waals surface area contributed by atoms with E-state index in [4.69, 9.17) is 0 Å². The number of nitro benzene ring substituents is 1. The fourth-order valence-electron chi connectivity index (χ4n) is 2.99. The van der Waals surface area contributed by atoms with Gasteiger partial charge in [-0.1, -0.05) is 24.3 Å². The molecule has 3 aromatic rings. The van der Waals surface area contributed by atoms with Gasteiger partial charge in [0.25, 0.3) is 15.7 Å². The lowest BCUT2D eigenvalue weighted by Crippen LogP contribution is -2.30. The maximum absolute atomic E-state index is 13.1. The summed E-state index contributed by atoms with van der Waals surface area (Å²) in [4.78, 5) is 15.1. The number of hydrogen-bond acceptors (Lipinski definition) is 6. The van der Waals surface area contributed by atoms with Crippen molar-refractivity contribution in [3.63, 3.8) is 0 Å². The molecule has 0 amide bonds. The number of nitro groups is 1. The number of nitrogens with one attached hydrogen (secondary N) is 1. The summed E-state index contributed by atoms with van der Waals surface area (Å²) in [5, 5.41) is 14.6. The molecule has 0 unspecified atom stereocenters. The number of sulfonamides is 1. The van der Waals surface area contributed by atoms with Crippen molar-refractivity contribution < 1.29 is 13.3 Å². The SMILES string of the molecule is CCN(c1ccccc1)S(=O)(=O)c1ccc(NCc2ccc(C)nc2)c([N+](=O)[O-])c1. The number of hydrogen-bond donors (Lipinski definition) is 1. The standard InChI is InChI=1S/C21H22N4O4S/c1-3-24(18-7-5-4-6-8-18)30(28,29)19-11-12-20(21(13-19)25(26)27)23-15-17-10-9-16(2)22-14-17/h4-14,23H,3,15H2,1-2H3. The average Bonchev–Trinajstić information content (AvgIpc) is 2.74. The molecule has 30 heavy (non-hydrogen) atoms. The monoisotopic (exact) mass is 426 g/mol. The second-order valence-electron chi connectivity index (χ2n) is 6.60. The van der Waals surface area contributed by atoms with Crippen molar-refractivity contribution in [2.24, 2.45) is 0 Å². The van der Waals surface area contributed by atoms with Crippen molar-refractivity contribution in [2.45, 2.75) is 25.3 Å².